The highest BCUT2D eigenvalue weighted by molar-refractivity contribution is 7.92. The van der Waals surface area contributed by atoms with E-state index in [1.807, 2.05) is 0 Å². The lowest BCUT2D eigenvalue weighted by molar-refractivity contribution is 0.563. The Morgan fingerprint density at radius 2 is 2.18 bits per heavy atom. The van der Waals surface area contributed by atoms with Gasteiger partial charge in [-0.2, -0.15) is 0 Å². The van der Waals surface area contributed by atoms with Crippen LogP contribution in [0, 0.1) is 0 Å². The van der Waals surface area contributed by atoms with Crippen molar-refractivity contribution in [3.8, 4) is 0 Å². The molecular formula is C11H13N3O2S. The molecule has 0 amide bonds. The molecule has 2 aliphatic heterocycles. The predicted molar refractivity (Wildman–Crippen MR) is 62.9 cm³/mol. The highest BCUT2D eigenvalue weighted by atomic mass is 32.2. The van der Waals surface area contributed by atoms with E-state index in [0.717, 1.165) is 18.8 Å². The third-order valence-corrected chi connectivity index (χ3v) is 5.00. The van der Waals surface area contributed by atoms with Crippen LogP contribution >= 0.6 is 0 Å². The van der Waals surface area contributed by atoms with E-state index in [1.165, 1.54) is 11.8 Å². The molecule has 1 atom stereocenters. The van der Waals surface area contributed by atoms with Crippen molar-refractivity contribution >= 4 is 9.84 Å². The van der Waals surface area contributed by atoms with Crippen molar-refractivity contribution in [2.24, 2.45) is 0 Å². The molecule has 17 heavy (non-hydrogen) atoms. The molecule has 1 unspecified atom stereocenters. The van der Waals surface area contributed by atoms with E-state index in [4.69, 9.17) is 0 Å². The van der Waals surface area contributed by atoms with Gasteiger partial charge >= 0.3 is 0 Å². The van der Waals surface area contributed by atoms with Crippen molar-refractivity contribution in [1.82, 2.24) is 15.6 Å². The molecule has 0 aliphatic carbocycles. The van der Waals surface area contributed by atoms with E-state index in [2.05, 4.69) is 15.6 Å². The fourth-order valence-corrected chi connectivity index (χ4v) is 3.72. The number of sulfone groups is 1. The molecule has 2 N–H and O–H groups in total. The number of rotatable bonds is 2. The van der Waals surface area contributed by atoms with E-state index >= 15 is 0 Å². The highest BCUT2D eigenvalue weighted by Gasteiger charge is 2.36. The Labute approximate surface area is 99.9 Å². The standard InChI is InChI=1S/C11H13N3O2S/c15-17(16,10-3-1-2-4-13-10)11-5-8-6-12-7-9(8)14-11/h1-4,11-12,14H,5-7H2. The van der Waals surface area contributed by atoms with Gasteiger partial charge in [-0.25, -0.2) is 13.4 Å². The number of hydrogen-bond donors (Lipinski definition) is 2. The second-order valence-electron chi connectivity index (χ2n) is 4.24. The third kappa shape index (κ3) is 1.73. The number of aromatic nitrogens is 1. The molecule has 6 heteroatoms. The largest absolute Gasteiger partial charge is 0.371 e. The van der Waals surface area contributed by atoms with Gasteiger partial charge in [0.2, 0.25) is 9.84 Å². The van der Waals surface area contributed by atoms with E-state index in [9.17, 15) is 8.42 Å². The van der Waals surface area contributed by atoms with E-state index in [1.54, 1.807) is 18.2 Å². The lowest BCUT2D eigenvalue weighted by atomic mass is 10.2. The summed E-state index contributed by atoms with van der Waals surface area (Å²) in [5, 5.41) is 5.86. The van der Waals surface area contributed by atoms with Gasteiger partial charge in [0, 0.05) is 31.4 Å². The van der Waals surface area contributed by atoms with Crippen molar-refractivity contribution in [2.75, 3.05) is 13.1 Å². The number of nitrogens with zero attached hydrogens (tertiary/aromatic N) is 1. The first-order chi connectivity index (χ1) is 8.18. The monoisotopic (exact) mass is 251 g/mol. The van der Waals surface area contributed by atoms with Gasteiger partial charge in [0.15, 0.2) is 5.03 Å². The molecule has 0 bridgehead atoms. The van der Waals surface area contributed by atoms with Gasteiger partial charge in [-0.15, -0.1) is 0 Å². The Hall–Kier alpha value is -1.40. The summed E-state index contributed by atoms with van der Waals surface area (Å²) in [7, 11) is -3.37. The normalized spacial score (nSPS) is 23.6. The van der Waals surface area contributed by atoms with Crippen LogP contribution in [0.25, 0.3) is 0 Å². The second kappa shape index (κ2) is 3.82. The maximum absolute atomic E-state index is 12.3. The summed E-state index contributed by atoms with van der Waals surface area (Å²) in [6, 6.07) is 4.94. The first kappa shape index (κ1) is 10.7. The van der Waals surface area contributed by atoms with Crippen LogP contribution in [0.4, 0.5) is 0 Å². The van der Waals surface area contributed by atoms with Crippen LogP contribution in [0.5, 0.6) is 0 Å². The van der Waals surface area contributed by atoms with Crippen LogP contribution in [0.15, 0.2) is 40.7 Å². The quantitative estimate of drug-likeness (QED) is 0.776. The lowest BCUT2D eigenvalue weighted by Gasteiger charge is -2.14. The van der Waals surface area contributed by atoms with E-state index in [-0.39, 0.29) is 5.03 Å². The Morgan fingerprint density at radius 3 is 2.88 bits per heavy atom. The number of pyridine rings is 1. The smallest absolute Gasteiger partial charge is 0.216 e. The van der Waals surface area contributed by atoms with Crippen molar-refractivity contribution in [3.05, 3.63) is 35.7 Å². The summed E-state index contributed by atoms with van der Waals surface area (Å²) in [5.74, 6) is 0. The Balaban J connectivity index is 1.87. The van der Waals surface area contributed by atoms with Gasteiger partial charge in [-0.05, 0) is 17.7 Å². The first-order valence-corrected chi connectivity index (χ1v) is 7.05. The van der Waals surface area contributed by atoms with Crippen molar-refractivity contribution in [1.29, 1.82) is 0 Å². The van der Waals surface area contributed by atoms with Gasteiger partial charge < -0.3 is 10.6 Å². The summed E-state index contributed by atoms with van der Waals surface area (Å²) in [6.07, 6.45) is 2.06. The molecule has 0 fully saturated rings. The van der Waals surface area contributed by atoms with Crippen molar-refractivity contribution in [2.45, 2.75) is 16.8 Å². The maximum Gasteiger partial charge on any atom is 0.216 e. The van der Waals surface area contributed by atoms with Crippen LogP contribution in [-0.2, 0) is 9.84 Å². The lowest BCUT2D eigenvalue weighted by Crippen LogP contribution is -2.35. The molecule has 1 aromatic heterocycles. The van der Waals surface area contributed by atoms with E-state index in [0.29, 0.717) is 6.42 Å². The fraction of sp³-hybridized carbons (Fsp3) is 0.364. The molecule has 0 radical (unpaired) electrons. The summed E-state index contributed by atoms with van der Waals surface area (Å²) >= 11 is 0. The van der Waals surface area contributed by atoms with Gasteiger partial charge in [-0.1, -0.05) is 6.07 Å². The van der Waals surface area contributed by atoms with Crippen LogP contribution < -0.4 is 10.6 Å². The average molecular weight is 251 g/mol. The second-order valence-corrected chi connectivity index (χ2v) is 6.31. The van der Waals surface area contributed by atoms with Crippen molar-refractivity contribution in [3.63, 3.8) is 0 Å². The Bertz CT molecular complexity index is 550. The molecule has 1 aromatic rings. The molecule has 5 nitrogen and oxygen atoms in total. The summed E-state index contributed by atoms with van der Waals surface area (Å²) in [5.41, 5.74) is 2.21. The van der Waals surface area contributed by atoms with E-state index < -0.39 is 15.2 Å². The molecule has 3 rings (SSSR count). The SMILES string of the molecule is O=S(=O)(c1ccccn1)C1CC2=C(CNC2)N1. The molecule has 0 saturated carbocycles. The minimum atomic E-state index is -3.37. The van der Waals surface area contributed by atoms with Crippen LogP contribution in [0.2, 0.25) is 0 Å². The predicted octanol–water partition coefficient (Wildman–Crippen LogP) is 0.0320. The first-order valence-electron chi connectivity index (χ1n) is 5.51. The van der Waals surface area contributed by atoms with Gasteiger partial charge in [-0.3, -0.25) is 0 Å². The zero-order valence-electron chi connectivity index (χ0n) is 9.18. The third-order valence-electron chi connectivity index (χ3n) is 3.14. The molecule has 0 aromatic carbocycles. The van der Waals surface area contributed by atoms with Crippen LogP contribution in [-0.4, -0.2) is 31.9 Å². The zero-order valence-corrected chi connectivity index (χ0v) is 10.00. The number of nitrogens with one attached hydrogen (secondary N) is 2. The molecule has 0 saturated heterocycles. The molecule has 2 aliphatic rings. The minimum absolute atomic E-state index is 0.145. The fourth-order valence-electron chi connectivity index (χ4n) is 2.24. The average Bonchev–Trinajstić information content (AvgIpc) is 2.90. The molecular weight excluding hydrogens is 238 g/mol. The summed E-state index contributed by atoms with van der Waals surface area (Å²) in [6.45, 7) is 1.53. The summed E-state index contributed by atoms with van der Waals surface area (Å²) in [4.78, 5) is 3.93. The topological polar surface area (TPSA) is 71.1 Å². The minimum Gasteiger partial charge on any atom is -0.371 e. The zero-order chi connectivity index (χ0) is 11.9. The Kier molecular flexibility index (Phi) is 2.41. The molecule has 3 heterocycles. The van der Waals surface area contributed by atoms with Crippen LogP contribution in [0.3, 0.4) is 0 Å². The molecule has 0 spiro atoms. The van der Waals surface area contributed by atoms with Gasteiger partial charge in [0.1, 0.15) is 5.37 Å². The van der Waals surface area contributed by atoms with Crippen molar-refractivity contribution < 1.29 is 8.42 Å². The van der Waals surface area contributed by atoms with Crippen LogP contribution in [0.1, 0.15) is 6.42 Å². The van der Waals surface area contributed by atoms with Gasteiger partial charge in [0.05, 0.1) is 0 Å². The maximum atomic E-state index is 12.3. The number of hydrogen-bond acceptors (Lipinski definition) is 5. The Morgan fingerprint density at radius 1 is 1.29 bits per heavy atom. The summed E-state index contributed by atoms with van der Waals surface area (Å²) < 4.78 is 24.6. The molecule has 90 valence electrons. The van der Waals surface area contributed by atoms with Gasteiger partial charge in [0.25, 0.3) is 0 Å². The highest BCUT2D eigenvalue weighted by Crippen LogP contribution is 2.27.